The van der Waals surface area contributed by atoms with Crippen LogP contribution in [0.15, 0.2) is 51.4 Å². The number of non-ortho nitro benzene ring substituents is 1. The molecule has 2 aromatic carbocycles. The number of hydrogen-bond donors (Lipinski definition) is 1. The molecule has 0 saturated heterocycles. The number of allylic oxidation sites excluding steroid dienone is 1. The molecule has 11 nitrogen and oxygen atoms in total. The number of aromatic hydroxyl groups is 1. The number of benzene rings is 2. The number of nitrogens with zero attached hydrogens (tertiary/aromatic N) is 3. The van der Waals surface area contributed by atoms with Gasteiger partial charge >= 0.3 is 5.97 Å². The topological polar surface area (TPSA) is 142 Å². The Hall–Kier alpha value is -4.16. The van der Waals surface area contributed by atoms with Gasteiger partial charge < -0.3 is 19.3 Å². The van der Waals surface area contributed by atoms with E-state index in [1.165, 1.54) is 24.9 Å². The first kappa shape index (κ1) is 28.8. The van der Waals surface area contributed by atoms with Crippen LogP contribution in [0.1, 0.15) is 43.9 Å². The normalized spacial score (nSPS) is 14.9. The number of thiazole rings is 1. The fourth-order valence-electron chi connectivity index (χ4n) is 4.46. The molecule has 1 aliphatic rings. The molecule has 210 valence electrons. The van der Waals surface area contributed by atoms with Crippen LogP contribution < -0.4 is 24.4 Å². The first-order valence-electron chi connectivity index (χ1n) is 12.3. The number of fused-ring (bicyclic) bond motifs is 1. The molecule has 0 fully saturated rings. The third-order valence-corrected chi connectivity index (χ3v) is 7.40. The van der Waals surface area contributed by atoms with Crippen LogP contribution in [-0.4, -0.2) is 41.4 Å². The lowest BCUT2D eigenvalue weighted by Gasteiger charge is -2.27. The Morgan fingerprint density at radius 3 is 2.58 bits per heavy atom. The van der Waals surface area contributed by atoms with Gasteiger partial charge in [0.05, 0.1) is 47.6 Å². The van der Waals surface area contributed by atoms with Crippen LogP contribution >= 0.6 is 22.9 Å². The van der Waals surface area contributed by atoms with Gasteiger partial charge in [0, 0.05) is 22.2 Å². The molecule has 0 unspecified atom stereocenters. The number of hydrogen-bond acceptors (Lipinski definition) is 10. The van der Waals surface area contributed by atoms with E-state index in [9.17, 15) is 24.8 Å². The lowest BCUT2D eigenvalue weighted by Crippen LogP contribution is -2.40. The van der Waals surface area contributed by atoms with Crippen molar-refractivity contribution in [3.8, 4) is 17.2 Å². The summed E-state index contributed by atoms with van der Waals surface area (Å²) in [6.45, 7) is 3.73. The average Bonchev–Trinajstić information content (AvgIpc) is 3.23. The van der Waals surface area contributed by atoms with Crippen molar-refractivity contribution >= 4 is 40.7 Å². The Morgan fingerprint density at radius 1 is 1.23 bits per heavy atom. The van der Waals surface area contributed by atoms with E-state index in [0.29, 0.717) is 34.9 Å². The maximum Gasteiger partial charge on any atom is 0.338 e. The van der Waals surface area contributed by atoms with E-state index in [1.54, 1.807) is 25.1 Å². The first-order chi connectivity index (χ1) is 19.1. The maximum atomic E-state index is 13.9. The second-order valence-electron chi connectivity index (χ2n) is 8.64. The Balaban J connectivity index is 2.08. The molecular formula is C27H26ClN3O8S. The van der Waals surface area contributed by atoms with Gasteiger partial charge in [0.2, 0.25) is 0 Å². The number of halogens is 1. The fraction of sp³-hybridized carbons (Fsp3) is 0.296. The van der Waals surface area contributed by atoms with E-state index in [1.807, 2.05) is 6.92 Å². The lowest BCUT2D eigenvalue weighted by atomic mass is 9.93. The molecular weight excluding hydrogens is 562 g/mol. The first-order valence-corrected chi connectivity index (χ1v) is 13.4. The van der Waals surface area contributed by atoms with Crippen LogP contribution in [0.25, 0.3) is 6.08 Å². The Bertz CT molecular complexity index is 1710. The number of rotatable bonds is 9. The molecule has 3 aromatic rings. The van der Waals surface area contributed by atoms with Crippen molar-refractivity contribution in [2.24, 2.45) is 4.99 Å². The van der Waals surface area contributed by atoms with Crippen LogP contribution in [0.2, 0.25) is 5.02 Å². The number of methoxy groups -OCH3 is 2. The highest BCUT2D eigenvalue weighted by Crippen LogP contribution is 2.38. The van der Waals surface area contributed by atoms with E-state index < -0.39 is 22.5 Å². The molecule has 0 aliphatic carbocycles. The monoisotopic (exact) mass is 587 g/mol. The number of ether oxygens (including phenoxy) is 3. The molecule has 0 radical (unpaired) electrons. The van der Waals surface area contributed by atoms with Crippen molar-refractivity contribution in [3.63, 3.8) is 0 Å². The van der Waals surface area contributed by atoms with E-state index in [0.717, 1.165) is 23.5 Å². The van der Waals surface area contributed by atoms with Crippen LogP contribution in [0.4, 0.5) is 5.69 Å². The second-order valence-corrected chi connectivity index (χ2v) is 10.1. The Morgan fingerprint density at radius 2 is 1.95 bits per heavy atom. The third-order valence-electron chi connectivity index (χ3n) is 6.19. The minimum absolute atomic E-state index is 0.00610. The van der Waals surface area contributed by atoms with Crippen molar-refractivity contribution in [2.75, 3.05) is 20.8 Å². The van der Waals surface area contributed by atoms with Crippen molar-refractivity contribution in [1.82, 2.24) is 4.57 Å². The van der Waals surface area contributed by atoms with Crippen LogP contribution in [0.5, 0.6) is 17.2 Å². The third kappa shape index (κ3) is 5.32. The van der Waals surface area contributed by atoms with E-state index >= 15 is 0 Å². The number of nitro benzene ring substituents is 1. The molecule has 0 spiro atoms. The fourth-order valence-corrected chi connectivity index (χ4v) is 5.65. The molecule has 0 bridgehead atoms. The van der Waals surface area contributed by atoms with Crippen LogP contribution in [-0.2, 0) is 9.53 Å². The number of carbonyl (C=O) groups is 1. The van der Waals surface area contributed by atoms with Gasteiger partial charge in [-0.1, -0.05) is 36.3 Å². The highest BCUT2D eigenvalue weighted by atomic mass is 35.5. The standard InChI is InChI=1S/C27H26ClN3O8S/c1-5-7-18-22(26(34)39-6-2)23(17-12-15(28)8-9-19(17)37-3)30-25(33)21(40-27(30)29-18)11-14-10-16(31(35)36)13-20(38-4)24(14)32/h8-13,23,32H,5-7H2,1-4H3/b21-11-/t23-/m1/s1. The lowest BCUT2D eigenvalue weighted by molar-refractivity contribution is -0.385. The highest BCUT2D eigenvalue weighted by molar-refractivity contribution is 7.07. The number of nitro groups is 1. The highest BCUT2D eigenvalue weighted by Gasteiger charge is 2.36. The number of esters is 1. The number of phenols is 1. The van der Waals surface area contributed by atoms with Crippen molar-refractivity contribution in [3.05, 3.63) is 87.6 Å². The maximum absolute atomic E-state index is 13.9. The summed E-state index contributed by atoms with van der Waals surface area (Å²) in [4.78, 5) is 43.1. The second kappa shape index (κ2) is 11.9. The van der Waals surface area contributed by atoms with Gasteiger partial charge in [-0.3, -0.25) is 19.5 Å². The summed E-state index contributed by atoms with van der Waals surface area (Å²) >= 11 is 7.36. The molecule has 1 aromatic heterocycles. The average molecular weight is 588 g/mol. The summed E-state index contributed by atoms with van der Waals surface area (Å²) in [6.07, 6.45) is 2.42. The molecule has 2 heterocycles. The molecule has 0 amide bonds. The van der Waals surface area contributed by atoms with Gasteiger partial charge in [0.1, 0.15) is 11.8 Å². The zero-order valence-electron chi connectivity index (χ0n) is 22.1. The molecule has 40 heavy (non-hydrogen) atoms. The van der Waals surface area contributed by atoms with Gasteiger partial charge in [0.15, 0.2) is 16.3 Å². The van der Waals surface area contributed by atoms with E-state index in [2.05, 4.69) is 4.99 Å². The summed E-state index contributed by atoms with van der Waals surface area (Å²) in [7, 11) is 2.73. The van der Waals surface area contributed by atoms with E-state index in [4.69, 9.17) is 25.8 Å². The molecule has 0 saturated carbocycles. The molecule has 13 heteroatoms. The Kier molecular flexibility index (Phi) is 8.60. The summed E-state index contributed by atoms with van der Waals surface area (Å²) in [5.41, 5.74) is 0.229. The number of phenolic OH excluding ortho intramolecular Hbond substituents is 1. The van der Waals surface area contributed by atoms with Crippen molar-refractivity contribution < 1.29 is 29.0 Å². The van der Waals surface area contributed by atoms with Gasteiger partial charge in [-0.2, -0.15) is 0 Å². The summed E-state index contributed by atoms with van der Waals surface area (Å²) in [5.74, 6) is -0.725. The van der Waals surface area contributed by atoms with Gasteiger partial charge in [0.25, 0.3) is 11.2 Å². The predicted molar refractivity (Wildman–Crippen MR) is 149 cm³/mol. The molecule has 1 aliphatic heterocycles. The zero-order chi connectivity index (χ0) is 29.1. The SMILES string of the molecule is CCCC1=C(C(=O)OCC)[C@@H](c2cc(Cl)ccc2OC)n2c(s/c(=C\c3cc([N+](=O)[O-])cc(OC)c3O)c2=O)=N1. The number of carbonyl (C=O) groups excluding carboxylic acids is 1. The van der Waals surface area contributed by atoms with Gasteiger partial charge in [-0.05, 0) is 37.6 Å². The molecule has 1 atom stereocenters. The summed E-state index contributed by atoms with van der Waals surface area (Å²) in [5, 5.41) is 22.5. The zero-order valence-corrected chi connectivity index (χ0v) is 23.7. The molecule has 1 N–H and O–H groups in total. The predicted octanol–water partition coefficient (Wildman–Crippen LogP) is 3.86. The van der Waals surface area contributed by atoms with Gasteiger partial charge in [-0.25, -0.2) is 9.79 Å². The largest absolute Gasteiger partial charge is 0.504 e. The Labute approximate surface area is 237 Å². The van der Waals surface area contributed by atoms with Crippen molar-refractivity contribution in [2.45, 2.75) is 32.7 Å². The smallest absolute Gasteiger partial charge is 0.338 e. The summed E-state index contributed by atoms with van der Waals surface area (Å²) < 4.78 is 17.5. The van der Waals surface area contributed by atoms with Crippen molar-refractivity contribution in [1.29, 1.82) is 0 Å². The quantitative estimate of drug-likeness (QED) is 0.226. The summed E-state index contributed by atoms with van der Waals surface area (Å²) in [6, 6.07) is 6.13. The van der Waals surface area contributed by atoms with E-state index in [-0.39, 0.29) is 44.3 Å². The number of aromatic nitrogens is 1. The minimum Gasteiger partial charge on any atom is -0.504 e. The van der Waals surface area contributed by atoms with Gasteiger partial charge in [-0.15, -0.1) is 0 Å². The molecule has 4 rings (SSSR count). The minimum atomic E-state index is -0.985. The van der Waals surface area contributed by atoms with Crippen LogP contribution in [0.3, 0.4) is 0 Å². The van der Waals surface area contributed by atoms with Crippen LogP contribution in [0, 0.1) is 10.1 Å².